The Bertz CT molecular complexity index is 880. The van der Waals surface area contributed by atoms with E-state index < -0.39 is 0 Å². The zero-order valence-electron chi connectivity index (χ0n) is 14.7. The number of hydrogen-bond donors (Lipinski definition) is 1. The molecular formula is C21H23N3O. The molecule has 2 N–H and O–H groups in total. The number of aryl methyl sites for hydroxylation is 1. The average molecular weight is 333 g/mol. The van der Waals surface area contributed by atoms with Gasteiger partial charge in [0.15, 0.2) is 0 Å². The minimum Gasteiger partial charge on any atom is -0.399 e. The number of hydrogen-bond acceptors (Lipinski definition) is 4. The van der Waals surface area contributed by atoms with Crippen molar-refractivity contribution in [2.24, 2.45) is 0 Å². The lowest BCUT2D eigenvalue weighted by molar-refractivity contribution is 0.404. The molecule has 4 heteroatoms. The fraction of sp³-hybridized carbons (Fsp3) is 0.286. The molecule has 1 aromatic heterocycles. The van der Waals surface area contributed by atoms with Crippen molar-refractivity contribution in [3.05, 3.63) is 65.5 Å². The van der Waals surface area contributed by atoms with E-state index in [1.54, 1.807) is 6.26 Å². The first-order valence-electron chi connectivity index (χ1n) is 8.74. The van der Waals surface area contributed by atoms with Crippen molar-refractivity contribution in [1.82, 2.24) is 5.16 Å². The van der Waals surface area contributed by atoms with Crippen LogP contribution < -0.4 is 10.6 Å². The van der Waals surface area contributed by atoms with Crippen LogP contribution in [0.15, 0.2) is 53.3 Å². The Morgan fingerprint density at radius 1 is 1.08 bits per heavy atom. The number of aromatic nitrogens is 1. The van der Waals surface area contributed by atoms with E-state index in [4.69, 9.17) is 10.3 Å². The van der Waals surface area contributed by atoms with E-state index in [1.165, 1.54) is 28.7 Å². The second kappa shape index (κ2) is 6.28. The maximum atomic E-state index is 5.82. The molecule has 0 fully saturated rings. The SMILES string of the molecule is CN(C)c1conc1C1CCCc2ccc(-c3ccc(N)cc3)cc21. The highest BCUT2D eigenvalue weighted by molar-refractivity contribution is 5.68. The summed E-state index contributed by atoms with van der Waals surface area (Å²) in [7, 11) is 4.06. The Labute approximate surface area is 148 Å². The smallest absolute Gasteiger partial charge is 0.147 e. The van der Waals surface area contributed by atoms with Gasteiger partial charge >= 0.3 is 0 Å². The first-order valence-corrected chi connectivity index (χ1v) is 8.74. The van der Waals surface area contributed by atoms with Gasteiger partial charge in [0.1, 0.15) is 17.6 Å². The second-order valence-corrected chi connectivity index (χ2v) is 6.96. The molecule has 0 amide bonds. The number of anilines is 2. The molecule has 25 heavy (non-hydrogen) atoms. The van der Waals surface area contributed by atoms with Gasteiger partial charge in [0.05, 0.1) is 0 Å². The molecule has 1 unspecified atom stereocenters. The summed E-state index contributed by atoms with van der Waals surface area (Å²) in [5, 5.41) is 4.34. The molecular weight excluding hydrogens is 310 g/mol. The van der Waals surface area contributed by atoms with Crippen molar-refractivity contribution in [3.63, 3.8) is 0 Å². The van der Waals surface area contributed by atoms with E-state index >= 15 is 0 Å². The summed E-state index contributed by atoms with van der Waals surface area (Å²) in [6, 6.07) is 14.9. The van der Waals surface area contributed by atoms with Crippen LogP contribution in [-0.4, -0.2) is 19.3 Å². The molecule has 0 spiro atoms. The van der Waals surface area contributed by atoms with Crippen LogP contribution in [-0.2, 0) is 6.42 Å². The predicted molar refractivity (Wildman–Crippen MR) is 102 cm³/mol. The number of rotatable bonds is 3. The topological polar surface area (TPSA) is 55.3 Å². The summed E-state index contributed by atoms with van der Waals surface area (Å²) < 4.78 is 5.30. The molecule has 4 rings (SSSR count). The predicted octanol–water partition coefficient (Wildman–Crippen LogP) is 4.46. The fourth-order valence-electron chi connectivity index (χ4n) is 3.76. The molecule has 1 aliphatic rings. The van der Waals surface area contributed by atoms with Crippen LogP contribution in [0.5, 0.6) is 0 Å². The largest absolute Gasteiger partial charge is 0.399 e. The van der Waals surface area contributed by atoms with Crippen molar-refractivity contribution >= 4 is 11.4 Å². The lowest BCUT2D eigenvalue weighted by Crippen LogP contribution is -2.16. The molecule has 0 radical (unpaired) electrons. The summed E-state index contributed by atoms with van der Waals surface area (Å²) in [6.07, 6.45) is 5.15. The van der Waals surface area contributed by atoms with Gasteiger partial charge in [0.25, 0.3) is 0 Å². The van der Waals surface area contributed by atoms with Crippen LogP contribution in [0.4, 0.5) is 11.4 Å². The minimum atomic E-state index is 0.286. The van der Waals surface area contributed by atoms with Crippen molar-refractivity contribution in [1.29, 1.82) is 0 Å². The third-order valence-corrected chi connectivity index (χ3v) is 5.09. The van der Waals surface area contributed by atoms with Crippen molar-refractivity contribution in [3.8, 4) is 11.1 Å². The Morgan fingerprint density at radius 3 is 2.60 bits per heavy atom. The maximum absolute atomic E-state index is 5.82. The summed E-state index contributed by atoms with van der Waals surface area (Å²) in [6.45, 7) is 0. The first kappa shape index (κ1) is 15.8. The van der Waals surface area contributed by atoms with E-state index in [9.17, 15) is 0 Å². The highest BCUT2D eigenvalue weighted by atomic mass is 16.5. The molecule has 4 nitrogen and oxygen atoms in total. The zero-order valence-corrected chi connectivity index (χ0v) is 14.7. The van der Waals surface area contributed by atoms with Crippen LogP contribution >= 0.6 is 0 Å². The van der Waals surface area contributed by atoms with Gasteiger partial charge < -0.3 is 15.2 Å². The van der Waals surface area contributed by atoms with E-state index in [0.29, 0.717) is 0 Å². The monoisotopic (exact) mass is 333 g/mol. The molecule has 128 valence electrons. The van der Waals surface area contributed by atoms with Crippen molar-refractivity contribution < 1.29 is 4.52 Å². The molecule has 2 aromatic carbocycles. The van der Waals surface area contributed by atoms with Crippen LogP contribution in [0, 0.1) is 0 Å². The average Bonchev–Trinajstić information content (AvgIpc) is 3.11. The standard InChI is InChI=1S/C21H23N3O/c1-24(2)20-13-25-23-21(20)18-5-3-4-15-6-7-16(12-19(15)18)14-8-10-17(22)11-9-14/h6-13,18H,3-5,22H2,1-2H3. The van der Waals surface area contributed by atoms with Crippen LogP contribution in [0.1, 0.15) is 35.6 Å². The van der Waals surface area contributed by atoms with E-state index in [-0.39, 0.29) is 5.92 Å². The molecule has 0 bridgehead atoms. The van der Waals surface area contributed by atoms with E-state index in [0.717, 1.165) is 29.9 Å². The Hall–Kier alpha value is -2.75. The van der Waals surface area contributed by atoms with Crippen LogP contribution in [0.2, 0.25) is 0 Å². The number of nitrogens with two attached hydrogens (primary N) is 1. The van der Waals surface area contributed by atoms with Crippen LogP contribution in [0.3, 0.4) is 0 Å². The molecule has 0 saturated carbocycles. The molecule has 1 heterocycles. The first-order chi connectivity index (χ1) is 12.1. The minimum absolute atomic E-state index is 0.286. The lowest BCUT2D eigenvalue weighted by atomic mass is 9.79. The second-order valence-electron chi connectivity index (χ2n) is 6.96. The van der Waals surface area contributed by atoms with E-state index in [1.807, 2.05) is 26.2 Å². The van der Waals surface area contributed by atoms with Crippen molar-refractivity contribution in [2.45, 2.75) is 25.2 Å². The molecule has 3 aromatic rings. The lowest BCUT2D eigenvalue weighted by Gasteiger charge is -2.26. The molecule has 0 saturated heterocycles. The Kier molecular flexibility index (Phi) is 3.96. The number of fused-ring (bicyclic) bond motifs is 1. The van der Waals surface area contributed by atoms with E-state index in [2.05, 4.69) is 40.4 Å². The summed E-state index contributed by atoms with van der Waals surface area (Å²) in [5.74, 6) is 0.286. The fourth-order valence-corrected chi connectivity index (χ4v) is 3.76. The summed E-state index contributed by atoms with van der Waals surface area (Å²) in [4.78, 5) is 2.07. The summed E-state index contributed by atoms with van der Waals surface area (Å²) >= 11 is 0. The third kappa shape index (κ3) is 2.88. The van der Waals surface area contributed by atoms with Gasteiger partial charge in [-0.3, -0.25) is 0 Å². The maximum Gasteiger partial charge on any atom is 0.147 e. The molecule has 1 aliphatic carbocycles. The normalized spacial score (nSPS) is 16.5. The number of nitrogen functional groups attached to an aromatic ring is 1. The highest BCUT2D eigenvalue weighted by Gasteiger charge is 2.27. The third-order valence-electron chi connectivity index (χ3n) is 5.09. The Morgan fingerprint density at radius 2 is 1.84 bits per heavy atom. The van der Waals surface area contributed by atoms with Gasteiger partial charge in [-0.05, 0) is 53.6 Å². The van der Waals surface area contributed by atoms with Crippen LogP contribution in [0.25, 0.3) is 11.1 Å². The van der Waals surface area contributed by atoms with Gasteiger partial charge in [-0.1, -0.05) is 35.5 Å². The molecule has 0 aliphatic heterocycles. The van der Waals surface area contributed by atoms with Gasteiger partial charge in [-0.25, -0.2) is 0 Å². The summed E-state index contributed by atoms with van der Waals surface area (Å²) in [5.41, 5.74) is 13.9. The van der Waals surface area contributed by atoms with Gasteiger partial charge in [0.2, 0.25) is 0 Å². The Balaban J connectivity index is 1.78. The van der Waals surface area contributed by atoms with Gasteiger partial charge in [-0.2, -0.15) is 0 Å². The number of benzene rings is 2. The van der Waals surface area contributed by atoms with Gasteiger partial charge in [0, 0.05) is 25.7 Å². The number of nitrogens with zero attached hydrogens (tertiary/aromatic N) is 2. The highest BCUT2D eigenvalue weighted by Crippen LogP contribution is 2.41. The van der Waals surface area contributed by atoms with Gasteiger partial charge in [-0.15, -0.1) is 0 Å². The molecule has 1 atom stereocenters. The van der Waals surface area contributed by atoms with Crippen molar-refractivity contribution in [2.75, 3.05) is 24.7 Å². The zero-order chi connectivity index (χ0) is 17.4. The quantitative estimate of drug-likeness (QED) is 0.719.